The summed E-state index contributed by atoms with van der Waals surface area (Å²) in [6.07, 6.45) is 0. The molecule has 25 heavy (non-hydrogen) atoms. The number of hydrogen-bond acceptors (Lipinski definition) is 5. The van der Waals surface area contributed by atoms with Crippen LogP contribution in [0.4, 0.5) is 5.69 Å². The second-order valence-corrected chi connectivity index (χ2v) is 6.94. The summed E-state index contributed by atoms with van der Waals surface area (Å²) in [5, 5.41) is 11.1. The largest absolute Gasteiger partial charge is 0.484 e. The molecule has 0 atom stereocenters. The lowest BCUT2D eigenvalue weighted by Gasteiger charge is -2.12. The van der Waals surface area contributed by atoms with Gasteiger partial charge < -0.3 is 15.2 Å². The summed E-state index contributed by atoms with van der Waals surface area (Å²) in [4.78, 5) is 11.6. The van der Waals surface area contributed by atoms with Gasteiger partial charge in [-0.1, -0.05) is 18.2 Å². The van der Waals surface area contributed by atoms with Gasteiger partial charge in [0.15, 0.2) is 6.61 Å². The van der Waals surface area contributed by atoms with Gasteiger partial charge >= 0.3 is 0 Å². The van der Waals surface area contributed by atoms with E-state index in [0.717, 1.165) is 0 Å². The second kappa shape index (κ2) is 8.50. The topological polar surface area (TPSA) is 105 Å². The first-order chi connectivity index (χ1) is 11.9. The Balaban J connectivity index is 2.06. The van der Waals surface area contributed by atoms with Gasteiger partial charge in [0.1, 0.15) is 5.75 Å². The summed E-state index contributed by atoms with van der Waals surface area (Å²) in [5.74, 6) is 0.0497. The van der Waals surface area contributed by atoms with Crippen molar-refractivity contribution in [1.29, 1.82) is 0 Å². The minimum absolute atomic E-state index is 0.103. The zero-order chi connectivity index (χ0) is 18.3. The number of para-hydroxylation sites is 1. The number of amides is 1. The number of anilines is 1. The Hall–Kier alpha value is -2.58. The first-order valence-corrected chi connectivity index (χ1v) is 9.09. The van der Waals surface area contributed by atoms with Crippen molar-refractivity contribution in [1.82, 2.24) is 5.32 Å². The van der Waals surface area contributed by atoms with Crippen LogP contribution in [-0.2, 0) is 14.8 Å². The fourth-order valence-corrected chi connectivity index (χ4v) is 3.20. The molecular formula is C17H20N2O5S. The average molecular weight is 364 g/mol. The van der Waals surface area contributed by atoms with Crippen LogP contribution in [0.1, 0.15) is 5.56 Å². The van der Waals surface area contributed by atoms with Crippen molar-refractivity contribution in [2.24, 2.45) is 0 Å². The monoisotopic (exact) mass is 364 g/mol. The fourth-order valence-electron chi connectivity index (χ4n) is 2.06. The van der Waals surface area contributed by atoms with Crippen LogP contribution in [0, 0.1) is 6.92 Å². The van der Waals surface area contributed by atoms with Crippen molar-refractivity contribution in [3.63, 3.8) is 0 Å². The molecule has 1 amide bonds. The van der Waals surface area contributed by atoms with Crippen LogP contribution in [0.2, 0.25) is 0 Å². The molecular weight excluding hydrogens is 344 g/mol. The molecule has 2 aromatic rings. The van der Waals surface area contributed by atoms with Crippen molar-refractivity contribution < 1.29 is 23.1 Å². The standard InChI is InChI=1S/C17H20N2O5S/c1-13-11-15(25(22,23)19-14-5-3-2-4-6-14)7-8-16(13)24-12-17(21)18-9-10-20/h2-8,11,19-20H,9-10,12H2,1H3,(H,18,21). The van der Waals surface area contributed by atoms with Gasteiger partial charge in [0.25, 0.3) is 15.9 Å². The summed E-state index contributed by atoms with van der Waals surface area (Å²) in [6.45, 7) is 1.49. The number of hydrogen-bond donors (Lipinski definition) is 3. The Morgan fingerprint density at radius 3 is 2.52 bits per heavy atom. The van der Waals surface area contributed by atoms with E-state index in [-0.39, 0.29) is 30.6 Å². The molecule has 0 aliphatic rings. The molecule has 134 valence electrons. The molecule has 0 aliphatic carbocycles. The van der Waals surface area contributed by atoms with E-state index in [2.05, 4.69) is 10.0 Å². The summed E-state index contributed by atoms with van der Waals surface area (Å²) in [5.41, 5.74) is 1.06. The Morgan fingerprint density at radius 1 is 1.16 bits per heavy atom. The lowest BCUT2D eigenvalue weighted by molar-refractivity contribution is -0.123. The predicted molar refractivity (Wildman–Crippen MR) is 94.0 cm³/mol. The molecule has 3 N–H and O–H groups in total. The molecule has 0 bridgehead atoms. The van der Waals surface area contributed by atoms with Gasteiger partial charge in [-0.05, 0) is 42.8 Å². The molecule has 0 radical (unpaired) electrons. The zero-order valence-electron chi connectivity index (χ0n) is 13.7. The Labute approximate surface area is 146 Å². The lowest BCUT2D eigenvalue weighted by atomic mass is 10.2. The fraction of sp³-hybridized carbons (Fsp3) is 0.235. The number of ether oxygens (including phenoxy) is 1. The molecule has 0 aromatic heterocycles. The molecule has 0 heterocycles. The third-order valence-corrected chi connectivity index (χ3v) is 4.65. The maximum atomic E-state index is 12.4. The van der Waals surface area contributed by atoms with Gasteiger partial charge in [0.05, 0.1) is 11.5 Å². The van der Waals surface area contributed by atoms with Crippen molar-refractivity contribution >= 4 is 21.6 Å². The van der Waals surface area contributed by atoms with E-state index >= 15 is 0 Å². The number of benzene rings is 2. The van der Waals surface area contributed by atoms with Crippen molar-refractivity contribution in [2.45, 2.75) is 11.8 Å². The zero-order valence-corrected chi connectivity index (χ0v) is 14.5. The smallest absolute Gasteiger partial charge is 0.261 e. The predicted octanol–water partition coefficient (Wildman–Crippen LogP) is 1.28. The van der Waals surface area contributed by atoms with Gasteiger partial charge in [-0.15, -0.1) is 0 Å². The van der Waals surface area contributed by atoms with E-state index in [4.69, 9.17) is 9.84 Å². The molecule has 2 aromatic carbocycles. The number of carbonyl (C=O) groups is 1. The first-order valence-electron chi connectivity index (χ1n) is 7.61. The average Bonchev–Trinajstić information content (AvgIpc) is 2.59. The second-order valence-electron chi connectivity index (χ2n) is 5.26. The number of aliphatic hydroxyl groups excluding tert-OH is 1. The summed E-state index contributed by atoms with van der Waals surface area (Å²) >= 11 is 0. The van der Waals surface area contributed by atoms with E-state index in [1.807, 2.05) is 0 Å². The number of carbonyl (C=O) groups excluding carboxylic acids is 1. The summed E-state index contributed by atoms with van der Waals surface area (Å²) in [7, 11) is -3.71. The maximum Gasteiger partial charge on any atom is 0.261 e. The van der Waals surface area contributed by atoms with Crippen LogP contribution in [0.15, 0.2) is 53.4 Å². The van der Waals surface area contributed by atoms with Crippen LogP contribution in [0.25, 0.3) is 0 Å². The summed E-state index contributed by atoms with van der Waals surface area (Å²) < 4.78 is 32.7. The highest BCUT2D eigenvalue weighted by atomic mass is 32.2. The normalized spacial score (nSPS) is 11.0. The molecule has 8 heteroatoms. The van der Waals surface area contributed by atoms with Gasteiger partial charge in [-0.25, -0.2) is 8.42 Å². The van der Waals surface area contributed by atoms with Crippen LogP contribution >= 0.6 is 0 Å². The van der Waals surface area contributed by atoms with Gasteiger partial charge in [0.2, 0.25) is 0 Å². The number of rotatable bonds is 8. The Morgan fingerprint density at radius 2 is 1.88 bits per heavy atom. The Bertz CT molecular complexity index is 822. The third-order valence-electron chi connectivity index (χ3n) is 3.28. The van der Waals surface area contributed by atoms with E-state index in [1.165, 1.54) is 18.2 Å². The van der Waals surface area contributed by atoms with E-state index in [0.29, 0.717) is 17.0 Å². The van der Waals surface area contributed by atoms with Crippen LogP contribution < -0.4 is 14.8 Å². The highest BCUT2D eigenvalue weighted by Crippen LogP contribution is 2.23. The van der Waals surface area contributed by atoms with E-state index in [9.17, 15) is 13.2 Å². The van der Waals surface area contributed by atoms with Crippen LogP contribution in [0.3, 0.4) is 0 Å². The number of aliphatic hydroxyl groups is 1. The van der Waals surface area contributed by atoms with Crippen molar-refractivity contribution in [3.05, 3.63) is 54.1 Å². The van der Waals surface area contributed by atoms with Gasteiger partial charge in [0, 0.05) is 12.2 Å². The molecule has 2 rings (SSSR count). The molecule has 0 unspecified atom stereocenters. The molecule has 0 saturated heterocycles. The molecule has 0 spiro atoms. The van der Waals surface area contributed by atoms with Gasteiger partial charge in [-0.3, -0.25) is 9.52 Å². The third kappa shape index (κ3) is 5.47. The first kappa shape index (κ1) is 18.8. The molecule has 0 fully saturated rings. The maximum absolute atomic E-state index is 12.4. The highest BCUT2D eigenvalue weighted by molar-refractivity contribution is 7.92. The number of sulfonamides is 1. The SMILES string of the molecule is Cc1cc(S(=O)(=O)Nc2ccccc2)ccc1OCC(=O)NCCO. The molecule has 0 saturated carbocycles. The van der Waals surface area contributed by atoms with Crippen LogP contribution in [0.5, 0.6) is 5.75 Å². The van der Waals surface area contributed by atoms with E-state index in [1.54, 1.807) is 37.3 Å². The van der Waals surface area contributed by atoms with Gasteiger partial charge in [-0.2, -0.15) is 0 Å². The molecule has 0 aliphatic heterocycles. The number of nitrogens with one attached hydrogen (secondary N) is 2. The minimum Gasteiger partial charge on any atom is -0.484 e. The molecule has 7 nitrogen and oxygen atoms in total. The summed E-state index contributed by atoms with van der Waals surface area (Å²) in [6, 6.07) is 13.0. The van der Waals surface area contributed by atoms with Crippen molar-refractivity contribution in [2.75, 3.05) is 24.5 Å². The van der Waals surface area contributed by atoms with Crippen molar-refractivity contribution in [3.8, 4) is 5.75 Å². The quantitative estimate of drug-likeness (QED) is 0.655. The van der Waals surface area contributed by atoms with E-state index < -0.39 is 10.0 Å². The highest BCUT2D eigenvalue weighted by Gasteiger charge is 2.16. The Kier molecular flexibility index (Phi) is 6.37. The number of aryl methyl sites for hydroxylation is 1. The minimum atomic E-state index is -3.71. The lowest BCUT2D eigenvalue weighted by Crippen LogP contribution is -2.31. The van der Waals surface area contributed by atoms with Crippen LogP contribution in [-0.4, -0.2) is 39.2 Å².